The molecule has 0 atom stereocenters. The summed E-state index contributed by atoms with van der Waals surface area (Å²) < 4.78 is 13.0. The molecule has 1 aliphatic heterocycles. The van der Waals surface area contributed by atoms with Crippen LogP contribution in [0.1, 0.15) is 43.4 Å². The van der Waals surface area contributed by atoms with Crippen molar-refractivity contribution in [3.8, 4) is 0 Å². The number of aryl methyl sites for hydroxylation is 2. The van der Waals surface area contributed by atoms with Crippen molar-refractivity contribution in [2.24, 2.45) is 5.92 Å². The van der Waals surface area contributed by atoms with E-state index in [1.165, 1.54) is 23.3 Å². The third-order valence-corrected chi connectivity index (χ3v) is 5.52. The Balaban J connectivity index is 1.57. The molecule has 0 bridgehead atoms. The van der Waals surface area contributed by atoms with Gasteiger partial charge in [-0.15, -0.1) is 0 Å². The SMILES string of the molecule is CCc1cccc(CC)c1NC(=O)C1CCN(Cc2ccc(F)cc2)CC1. The lowest BCUT2D eigenvalue weighted by Gasteiger charge is -2.31. The van der Waals surface area contributed by atoms with E-state index in [1.807, 2.05) is 12.1 Å². The van der Waals surface area contributed by atoms with Crippen LogP contribution in [0.4, 0.5) is 10.1 Å². The number of rotatable bonds is 6. The van der Waals surface area contributed by atoms with Gasteiger partial charge >= 0.3 is 0 Å². The van der Waals surface area contributed by atoms with Gasteiger partial charge in [0.25, 0.3) is 0 Å². The van der Waals surface area contributed by atoms with Gasteiger partial charge in [-0.3, -0.25) is 9.69 Å². The number of amides is 1. The van der Waals surface area contributed by atoms with Gasteiger partial charge in [-0.2, -0.15) is 0 Å². The zero-order valence-corrected chi connectivity index (χ0v) is 16.3. The van der Waals surface area contributed by atoms with Crippen molar-refractivity contribution in [3.05, 3.63) is 65.0 Å². The number of carbonyl (C=O) groups excluding carboxylic acids is 1. The van der Waals surface area contributed by atoms with Gasteiger partial charge in [0.05, 0.1) is 0 Å². The highest BCUT2D eigenvalue weighted by atomic mass is 19.1. The van der Waals surface area contributed by atoms with Gasteiger partial charge < -0.3 is 5.32 Å². The molecule has 1 fully saturated rings. The van der Waals surface area contributed by atoms with Crippen molar-refractivity contribution >= 4 is 11.6 Å². The number of hydrogen-bond acceptors (Lipinski definition) is 2. The van der Waals surface area contributed by atoms with Crippen molar-refractivity contribution in [2.45, 2.75) is 46.1 Å². The fraction of sp³-hybridized carbons (Fsp3) is 0.435. The van der Waals surface area contributed by atoms with Crippen molar-refractivity contribution < 1.29 is 9.18 Å². The summed E-state index contributed by atoms with van der Waals surface area (Å²) >= 11 is 0. The molecule has 144 valence electrons. The molecule has 0 saturated carbocycles. The molecule has 2 aromatic carbocycles. The highest BCUT2D eigenvalue weighted by Crippen LogP contribution is 2.26. The van der Waals surface area contributed by atoms with Crippen LogP contribution in [0.15, 0.2) is 42.5 Å². The zero-order valence-electron chi connectivity index (χ0n) is 16.3. The third-order valence-electron chi connectivity index (χ3n) is 5.52. The zero-order chi connectivity index (χ0) is 19.2. The van der Waals surface area contributed by atoms with Gasteiger partial charge in [-0.05, 0) is 67.6 Å². The maximum Gasteiger partial charge on any atom is 0.227 e. The Morgan fingerprint density at radius 3 is 2.19 bits per heavy atom. The van der Waals surface area contributed by atoms with E-state index in [4.69, 9.17) is 0 Å². The molecule has 0 unspecified atom stereocenters. The van der Waals surface area contributed by atoms with Crippen LogP contribution in [0.25, 0.3) is 0 Å². The number of carbonyl (C=O) groups is 1. The molecule has 0 radical (unpaired) electrons. The molecular formula is C23H29FN2O. The molecule has 0 spiro atoms. The molecule has 2 aromatic rings. The number of anilines is 1. The van der Waals surface area contributed by atoms with E-state index in [-0.39, 0.29) is 17.6 Å². The maximum absolute atomic E-state index is 13.0. The first-order valence-electron chi connectivity index (χ1n) is 9.99. The molecule has 27 heavy (non-hydrogen) atoms. The fourth-order valence-corrected chi connectivity index (χ4v) is 3.83. The molecule has 4 heteroatoms. The van der Waals surface area contributed by atoms with Crippen LogP contribution in [-0.4, -0.2) is 23.9 Å². The number of nitrogens with one attached hydrogen (secondary N) is 1. The number of para-hydroxylation sites is 1. The molecule has 1 heterocycles. The van der Waals surface area contributed by atoms with Crippen LogP contribution < -0.4 is 5.32 Å². The number of nitrogens with zero attached hydrogens (tertiary/aromatic N) is 1. The monoisotopic (exact) mass is 368 g/mol. The quantitative estimate of drug-likeness (QED) is 0.794. The first kappa shape index (κ1) is 19.6. The van der Waals surface area contributed by atoms with E-state index in [9.17, 15) is 9.18 Å². The minimum absolute atomic E-state index is 0.0593. The Kier molecular flexibility index (Phi) is 6.62. The average molecular weight is 368 g/mol. The molecule has 0 aliphatic carbocycles. The number of benzene rings is 2. The molecule has 1 amide bonds. The van der Waals surface area contributed by atoms with Crippen LogP contribution in [0.3, 0.4) is 0 Å². The van der Waals surface area contributed by atoms with Crippen LogP contribution in [0.2, 0.25) is 0 Å². The Morgan fingerprint density at radius 1 is 1.04 bits per heavy atom. The van der Waals surface area contributed by atoms with Gasteiger partial charge in [-0.25, -0.2) is 4.39 Å². The topological polar surface area (TPSA) is 32.3 Å². The first-order valence-corrected chi connectivity index (χ1v) is 9.99. The first-order chi connectivity index (χ1) is 13.1. The Morgan fingerprint density at radius 2 is 1.63 bits per heavy atom. The molecule has 1 N–H and O–H groups in total. The number of hydrogen-bond donors (Lipinski definition) is 1. The largest absolute Gasteiger partial charge is 0.325 e. The number of halogens is 1. The molecule has 1 saturated heterocycles. The van der Waals surface area contributed by atoms with Crippen LogP contribution in [0, 0.1) is 11.7 Å². The summed E-state index contributed by atoms with van der Waals surface area (Å²) in [6.07, 6.45) is 3.56. The van der Waals surface area contributed by atoms with Crippen molar-refractivity contribution in [1.29, 1.82) is 0 Å². The molecule has 0 aromatic heterocycles. The molecule has 3 nitrogen and oxygen atoms in total. The summed E-state index contributed by atoms with van der Waals surface area (Å²) in [5, 5.41) is 3.22. The summed E-state index contributed by atoms with van der Waals surface area (Å²) in [6, 6.07) is 12.9. The summed E-state index contributed by atoms with van der Waals surface area (Å²) in [6.45, 7) is 6.85. The second-order valence-corrected chi connectivity index (χ2v) is 7.32. The Bertz CT molecular complexity index is 742. The maximum atomic E-state index is 13.0. The minimum Gasteiger partial charge on any atom is -0.325 e. The van der Waals surface area contributed by atoms with Crippen LogP contribution >= 0.6 is 0 Å². The van der Waals surface area contributed by atoms with Crippen LogP contribution in [0.5, 0.6) is 0 Å². The minimum atomic E-state index is -0.201. The van der Waals surface area contributed by atoms with Gasteiger partial charge in [0.1, 0.15) is 5.82 Å². The highest BCUT2D eigenvalue weighted by molar-refractivity contribution is 5.94. The number of piperidine rings is 1. The lowest BCUT2D eigenvalue weighted by Crippen LogP contribution is -2.38. The summed E-state index contributed by atoms with van der Waals surface area (Å²) in [4.78, 5) is 15.2. The van der Waals surface area contributed by atoms with Gasteiger partial charge in [0, 0.05) is 18.2 Å². The normalized spacial score (nSPS) is 15.7. The summed E-state index contributed by atoms with van der Waals surface area (Å²) in [7, 11) is 0. The van der Waals surface area contributed by atoms with Crippen molar-refractivity contribution in [3.63, 3.8) is 0 Å². The van der Waals surface area contributed by atoms with E-state index in [0.29, 0.717) is 0 Å². The standard InChI is InChI=1S/C23H29FN2O/c1-3-18-6-5-7-19(4-2)22(18)25-23(27)20-12-14-26(15-13-20)16-17-8-10-21(24)11-9-17/h5-11,20H,3-4,12-16H2,1-2H3,(H,25,27). The highest BCUT2D eigenvalue weighted by Gasteiger charge is 2.25. The van der Waals surface area contributed by atoms with E-state index in [2.05, 4.69) is 42.3 Å². The van der Waals surface area contributed by atoms with E-state index < -0.39 is 0 Å². The van der Waals surface area contributed by atoms with E-state index >= 15 is 0 Å². The fourth-order valence-electron chi connectivity index (χ4n) is 3.83. The second-order valence-electron chi connectivity index (χ2n) is 7.32. The smallest absolute Gasteiger partial charge is 0.227 e. The average Bonchev–Trinajstić information content (AvgIpc) is 2.70. The molecular weight excluding hydrogens is 339 g/mol. The lowest BCUT2D eigenvalue weighted by atomic mass is 9.94. The summed E-state index contributed by atoms with van der Waals surface area (Å²) in [5.41, 5.74) is 4.54. The van der Waals surface area contributed by atoms with Gasteiger partial charge in [0.2, 0.25) is 5.91 Å². The Labute approximate surface area is 161 Å². The van der Waals surface area contributed by atoms with Crippen LogP contribution in [-0.2, 0) is 24.2 Å². The molecule has 1 aliphatic rings. The van der Waals surface area contributed by atoms with Gasteiger partial charge in [-0.1, -0.05) is 44.2 Å². The second kappa shape index (κ2) is 9.14. The van der Waals surface area contributed by atoms with E-state index in [1.54, 1.807) is 0 Å². The third kappa shape index (κ3) is 4.95. The molecule has 3 rings (SSSR count). The summed E-state index contributed by atoms with van der Waals surface area (Å²) in [5.74, 6) is 0.00376. The predicted molar refractivity (Wildman–Crippen MR) is 108 cm³/mol. The number of likely N-dealkylation sites (tertiary alicyclic amines) is 1. The van der Waals surface area contributed by atoms with Gasteiger partial charge in [0.15, 0.2) is 0 Å². The Hall–Kier alpha value is -2.20. The predicted octanol–water partition coefficient (Wildman–Crippen LogP) is 4.80. The van der Waals surface area contributed by atoms with E-state index in [0.717, 1.165) is 56.6 Å². The van der Waals surface area contributed by atoms with Crippen molar-refractivity contribution in [2.75, 3.05) is 18.4 Å². The van der Waals surface area contributed by atoms with Crippen molar-refractivity contribution in [1.82, 2.24) is 4.90 Å². The lowest BCUT2D eigenvalue weighted by molar-refractivity contribution is -0.121.